The SMILES string of the molecule is CN=C(NCCc1c[nH]c2ncccc12)N(C)CC1CCOC1.I. The van der Waals surface area contributed by atoms with Crippen molar-refractivity contribution in [3.05, 3.63) is 30.1 Å². The number of nitrogens with one attached hydrogen (secondary N) is 2. The number of H-pyrrole nitrogens is 1. The number of hydrogen-bond donors (Lipinski definition) is 2. The van der Waals surface area contributed by atoms with Crippen LogP contribution in [0.25, 0.3) is 11.0 Å². The number of nitrogens with zero attached hydrogens (tertiary/aromatic N) is 3. The largest absolute Gasteiger partial charge is 0.381 e. The minimum Gasteiger partial charge on any atom is -0.381 e. The second kappa shape index (κ2) is 9.22. The molecule has 7 heteroatoms. The number of aromatic nitrogens is 2. The molecule has 1 unspecified atom stereocenters. The second-order valence-corrected chi connectivity index (χ2v) is 6.05. The molecular formula is C17H26IN5O. The quantitative estimate of drug-likeness (QED) is 0.423. The first-order valence-electron chi connectivity index (χ1n) is 8.18. The lowest BCUT2D eigenvalue weighted by Crippen LogP contribution is -2.42. The minimum atomic E-state index is 0. The van der Waals surface area contributed by atoms with Crippen molar-refractivity contribution in [1.29, 1.82) is 0 Å². The van der Waals surface area contributed by atoms with Gasteiger partial charge in [-0.25, -0.2) is 4.98 Å². The average molecular weight is 443 g/mol. The van der Waals surface area contributed by atoms with Gasteiger partial charge in [0.1, 0.15) is 5.65 Å². The number of hydrogen-bond acceptors (Lipinski definition) is 3. The van der Waals surface area contributed by atoms with Gasteiger partial charge in [0, 0.05) is 57.5 Å². The first kappa shape index (κ1) is 19.0. The molecule has 1 atom stereocenters. The summed E-state index contributed by atoms with van der Waals surface area (Å²) in [5, 5.41) is 4.64. The molecule has 1 aliphatic rings. The molecule has 0 aromatic carbocycles. The first-order valence-corrected chi connectivity index (χ1v) is 8.18. The summed E-state index contributed by atoms with van der Waals surface area (Å²) in [6, 6.07) is 4.08. The van der Waals surface area contributed by atoms with Crippen molar-refractivity contribution in [2.75, 3.05) is 40.4 Å². The van der Waals surface area contributed by atoms with Crippen molar-refractivity contribution in [2.45, 2.75) is 12.8 Å². The molecule has 1 fully saturated rings. The summed E-state index contributed by atoms with van der Waals surface area (Å²) in [5.41, 5.74) is 2.23. The molecule has 0 saturated carbocycles. The molecule has 1 saturated heterocycles. The van der Waals surface area contributed by atoms with E-state index < -0.39 is 0 Å². The van der Waals surface area contributed by atoms with E-state index in [0.717, 1.165) is 50.8 Å². The van der Waals surface area contributed by atoms with Crippen LogP contribution in [0.3, 0.4) is 0 Å². The van der Waals surface area contributed by atoms with Crippen LogP contribution in [0.1, 0.15) is 12.0 Å². The van der Waals surface area contributed by atoms with E-state index in [1.54, 1.807) is 0 Å². The van der Waals surface area contributed by atoms with Crippen LogP contribution in [0.2, 0.25) is 0 Å². The van der Waals surface area contributed by atoms with Crippen LogP contribution in [-0.4, -0.2) is 61.2 Å². The highest BCUT2D eigenvalue weighted by Crippen LogP contribution is 2.16. The number of fused-ring (bicyclic) bond motifs is 1. The molecule has 132 valence electrons. The Kier molecular flexibility index (Phi) is 7.29. The summed E-state index contributed by atoms with van der Waals surface area (Å²) >= 11 is 0. The Morgan fingerprint density at radius 2 is 2.42 bits per heavy atom. The van der Waals surface area contributed by atoms with Gasteiger partial charge in [-0.15, -0.1) is 24.0 Å². The van der Waals surface area contributed by atoms with Crippen LogP contribution < -0.4 is 5.32 Å². The molecule has 0 aliphatic carbocycles. The summed E-state index contributed by atoms with van der Waals surface area (Å²) < 4.78 is 5.45. The minimum absolute atomic E-state index is 0. The van der Waals surface area contributed by atoms with Crippen LogP contribution in [-0.2, 0) is 11.2 Å². The van der Waals surface area contributed by atoms with Crippen LogP contribution in [0, 0.1) is 5.92 Å². The van der Waals surface area contributed by atoms with E-state index in [9.17, 15) is 0 Å². The normalized spacial score (nSPS) is 17.8. The molecule has 0 radical (unpaired) electrons. The number of pyridine rings is 1. The highest BCUT2D eigenvalue weighted by molar-refractivity contribution is 14.0. The molecule has 2 N–H and O–H groups in total. The lowest BCUT2D eigenvalue weighted by atomic mass is 10.1. The Labute approximate surface area is 160 Å². The fourth-order valence-corrected chi connectivity index (χ4v) is 3.11. The van der Waals surface area contributed by atoms with Crippen molar-refractivity contribution in [1.82, 2.24) is 20.2 Å². The van der Waals surface area contributed by atoms with Gasteiger partial charge in [0.05, 0.1) is 6.61 Å². The summed E-state index contributed by atoms with van der Waals surface area (Å²) in [5.74, 6) is 1.55. The maximum absolute atomic E-state index is 5.45. The van der Waals surface area contributed by atoms with Crippen molar-refractivity contribution < 1.29 is 4.74 Å². The Balaban J connectivity index is 0.00000208. The fourth-order valence-electron chi connectivity index (χ4n) is 3.11. The van der Waals surface area contributed by atoms with Gasteiger partial charge in [0.25, 0.3) is 0 Å². The van der Waals surface area contributed by atoms with Crippen LogP contribution in [0.4, 0.5) is 0 Å². The van der Waals surface area contributed by atoms with E-state index in [0.29, 0.717) is 5.92 Å². The zero-order valence-electron chi connectivity index (χ0n) is 14.3. The molecule has 0 bridgehead atoms. The maximum atomic E-state index is 5.45. The third kappa shape index (κ3) is 4.60. The van der Waals surface area contributed by atoms with Crippen molar-refractivity contribution >= 4 is 41.0 Å². The summed E-state index contributed by atoms with van der Waals surface area (Å²) in [6.07, 6.45) is 5.93. The standard InChI is InChI=1S/C17H25N5O.HI/c1-18-17(22(2)11-13-6-9-23-12-13)20-8-5-14-10-21-16-15(14)4-3-7-19-16;/h3-4,7,10,13H,5-6,8-9,11-12H2,1-2H3,(H,18,20)(H,19,21);1H. The second-order valence-electron chi connectivity index (χ2n) is 6.05. The Morgan fingerprint density at radius 3 is 3.17 bits per heavy atom. The molecule has 3 heterocycles. The van der Waals surface area contributed by atoms with Gasteiger partial charge in [-0.2, -0.15) is 0 Å². The summed E-state index contributed by atoms with van der Waals surface area (Å²) in [4.78, 5) is 14.1. The van der Waals surface area contributed by atoms with Gasteiger partial charge in [0.15, 0.2) is 5.96 Å². The Morgan fingerprint density at radius 1 is 1.54 bits per heavy atom. The highest BCUT2D eigenvalue weighted by atomic mass is 127. The van der Waals surface area contributed by atoms with Gasteiger partial charge >= 0.3 is 0 Å². The molecule has 2 aromatic rings. The number of rotatable bonds is 5. The molecule has 6 nitrogen and oxygen atoms in total. The zero-order chi connectivity index (χ0) is 16.1. The smallest absolute Gasteiger partial charge is 0.193 e. The zero-order valence-corrected chi connectivity index (χ0v) is 16.6. The predicted octanol–water partition coefficient (Wildman–Crippen LogP) is 2.27. The molecule has 24 heavy (non-hydrogen) atoms. The third-order valence-corrected chi connectivity index (χ3v) is 4.34. The summed E-state index contributed by atoms with van der Waals surface area (Å²) in [6.45, 7) is 3.58. The van der Waals surface area contributed by atoms with E-state index in [4.69, 9.17) is 4.74 Å². The monoisotopic (exact) mass is 443 g/mol. The van der Waals surface area contributed by atoms with E-state index in [-0.39, 0.29) is 24.0 Å². The van der Waals surface area contributed by atoms with Gasteiger partial charge in [-0.1, -0.05) is 0 Å². The van der Waals surface area contributed by atoms with Crippen LogP contribution in [0.15, 0.2) is 29.5 Å². The third-order valence-electron chi connectivity index (χ3n) is 4.34. The molecule has 1 aliphatic heterocycles. The van der Waals surface area contributed by atoms with Crippen LogP contribution in [0.5, 0.6) is 0 Å². The van der Waals surface area contributed by atoms with Gasteiger partial charge < -0.3 is 19.9 Å². The van der Waals surface area contributed by atoms with Gasteiger partial charge in [-0.3, -0.25) is 4.99 Å². The Hall–Kier alpha value is -1.35. The van der Waals surface area contributed by atoms with Gasteiger partial charge in [0.2, 0.25) is 0 Å². The van der Waals surface area contributed by atoms with Crippen molar-refractivity contribution in [3.63, 3.8) is 0 Å². The van der Waals surface area contributed by atoms with E-state index in [2.05, 4.69) is 38.3 Å². The summed E-state index contributed by atoms with van der Waals surface area (Å²) in [7, 11) is 3.92. The van der Waals surface area contributed by atoms with Crippen LogP contribution >= 0.6 is 24.0 Å². The molecule has 2 aromatic heterocycles. The number of ether oxygens (including phenoxy) is 1. The number of aromatic amines is 1. The molecule has 3 rings (SSSR count). The highest BCUT2D eigenvalue weighted by Gasteiger charge is 2.19. The number of halogens is 1. The number of guanidine groups is 1. The van der Waals surface area contributed by atoms with E-state index >= 15 is 0 Å². The maximum Gasteiger partial charge on any atom is 0.193 e. The van der Waals surface area contributed by atoms with Crippen molar-refractivity contribution in [2.24, 2.45) is 10.9 Å². The van der Waals surface area contributed by atoms with Crippen molar-refractivity contribution in [3.8, 4) is 0 Å². The average Bonchev–Trinajstić information content (AvgIpc) is 3.21. The molecule has 0 amide bonds. The lowest BCUT2D eigenvalue weighted by molar-refractivity contribution is 0.181. The predicted molar refractivity (Wildman–Crippen MR) is 108 cm³/mol. The fraction of sp³-hybridized carbons (Fsp3) is 0.529. The van der Waals surface area contributed by atoms with Gasteiger partial charge in [-0.05, 0) is 30.5 Å². The van der Waals surface area contributed by atoms with E-state index in [1.165, 1.54) is 10.9 Å². The first-order chi connectivity index (χ1) is 11.3. The Bertz CT molecular complexity index is 666. The lowest BCUT2D eigenvalue weighted by Gasteiger charge is -2.24. The molecular weight excluding hydrogens is 417 g/mol. The van der Waals surface area contributed by atoms with E-state index in [1.807, 2.05) is 25.5 Å². The molecule has 0 spiro atoms. The number of aliphatic imine (C=N–C) groups is 1. The topological polar surface area (TPSA) is 65.5 Å².